The largest absolute Gasteiger partial charge is 0.497 e. The summed E-state index contributed by atoms with van der Waals surface area (Å²) in [6.45, 7) is 1.95. The number of hydrogen-bond donors (Lipinski definition) is 1. The van der Waals surface area contributed by atoms with Crippen LogP contribution in [0.4, 0.5) is 5.82 Å². The third kappa shape index (κ3) is 3.53. The molecule has 0 aliphatic heterocycles. The SMILES string of the molecule is COc1ccc(CC(=O)Nc2cc(OC)n(C)n2)c(C)c1. The van der Waals surface area contributed by atoms with Crippen molar-refractivity contribution in [1.82, 2.24) is 9.78 Å². The molecule has 0 radical (unpaired) electrons. The van der Waals surface area contributed by atoms with Crippen molar-refractivity contribution in [3.8, 4) is 11.6 Å². The summed E-state index contributed by atoms with van der Waals surface area (Å²) in [5.41, 5.74) is 1.97. The van der Waals surface area contributed by atoms with E-state index in [1.165, 1.54) is 0 Å². The van der Waals surface area contributed by atoms with Crippen LogP contribution in [0.5, 0.6) is 11.6 Å². The molecule has 1 aromatic carbocycles. The van der Waals surface area contributed by atoms with Crippen LogP contribution in [0.25, 0.3) is 0 Å². The molecule has 2 rings (SSSR count). The van der Waals surface area contributed by atoms with E-state index in [1.807, 2.05) is 25.1 Å². The molecule has 0 fully saturated rings. The Balaban J connectivity index is 2.04. The van der Waals surface area contributed by atoms with Crippen LogP contribution in [-0.2, 0) is 18.3 Å². The molecule has 0 atom stereocenters. The zero-order valence-electron chi connectivity index (χ0n) is 12.6. The zero-order chi connectivity index (χ0) is 15.4. The molecule has 112 valence electrons. The molecule has 0 saturated carbocycles. The van der Waals surface area contributed by atoms with Crippen molar-refractivity contribution < 1.29 is 14.3 Å². The molecule has 2 aromatic rings. The maximum absolute atomic E-state index is 12.1. The third-order valence-electron chi connectivity index (χ3n) is 3.21. The number of methoxy groups -OCH3 is 2. The number of ether oxygens (including phenoxy) is 2. The molecular weight excluding hydrogens is 270 g/mol. The van der Waals surface area contributed by atoms with Crippen LogP contribution in [0, 0.1) is 6.92 Å². The molecule has 0 spiro atoms. The molecule has 0 saturated heterocycles. The zero-order valence-corrected chi connectivity index (χ0v) is 12.6. The summed E-state index contributed by atoms with van der Waals surface area (Å²) in [6.07, 6.45) is 0.286. The Hall–Kier alpha value is -2.50. The van der Waals surface area contributed by atoms with Gasteiger partial charge in [-0.2, -0.15) is 5.10 Å². The molecule has 6 heteroatoms. The summed E-state index contributed by atoms with van der Waals surface area (Å²) in [5, 5.41) is 6.91. The van der Waals surface area contributed by atoms with Crippen LogP contribution < -0.4 is 14.8 Å². The highest BCUT2D eigenvalue weighted by Crippen LogP contribution is 2.19. The molecule has 0 aliphatic rings. The number of hydrogen-bond acceptors (Lipinski definition) is 4. The molecule has 0 unspecified atom stereocenters. The van der Waals surface area contributed by atoms with Crippen molar-refractivity contribution in [3.05, 3.63) is 35.4 Å². The minimum atomic E-state index is -0.121. The van der Waals surface area contributed by atoms with Gasteiger partial charge in [-0.15, -0.1) is 0 Å². The molecular formula is C15H19N3O3. The lowest BCUT2D eigenvalue weighted by atomic mass is 10.1. The van der Waals surface area contributed by atoms with Gasteiger partial charge in [0.2, 0.25) is 11.8 Å². The summed E-state index contributed by atoms with van der Waals surface area (Å²) in [5.74, 6) is 1.73. The lowest BCUT2D eigenvalue weighted by molar-refractivity contribution is -0.115. The summed E-state index contributed by atoms with van der Waals surface area (Å²) in [4.78, 5) is 12.1. The summed E-state index contributed by atoms with van der Waals surface area (Å²) in [6, 6.07) is 7.33. The fourth-order valence-corrected chi connectivity index (χ4v) is 2.06. The summed E-state index contributed by atoms with van der Waals surface area (Å²) >= 11 is 0. The molecule has 6 nitrogen and oxygen atoms in total. The van der Waals surface area contributed by atoms with E-state index in [2.05, 4.69) is 10.4 Å². The predicted octanol–water partition coefficient (Wildman–Crippen LogP) is 1.93. The second-order valence-corrected chi connectivity index (χ2v) is 4.71. The van der Waals surface area contributed by atoms with E-state index in [1.54, 1.807) is 32.0 Å². The van der Waals surface area contributed by atoms with E-state index in [-0.39, 0.29) is 12.3 Å². The van der Waals surface area contributed by atoms with Crippen LogP contribution >= 0.6 is 0 Å². The first-order valence-electron chi connectivity index (χ1n) is 6.55. The van der Waals surface area contributed by atoms with Gasteiger partial charge in [-0.05, 0) is 30.2 Å². The van der Waals surface area contributed by atoms with Crippen molar-refractivity contribution in [2.24, 2.45) is 7.05 Å². The van der Waals surface area contributed by atoms with Gasteiger partial charge < -0.3 is 14.8 Å². The number of nitrogens with one attached hydrogen (secondary N) is 1. The number of carbonyl (C=O) groups is 1. The van der Waals surface area contributed by atoms with Gasteiger partial charge in [0.1, 0.15) is 5.75 Å². The van der Waals surface area contributed by atoms with Crippen molar-refractivity contribution in [3.63, 3.8) is 0 Å². The molecule has 0 aliphatic carbocycles. The van der Waals surface area contributed by atoms with Crippen LogP contribution in [0.15, 0.2) is 24.3 Å². The lowest BCUT2D eigenvalue weighted by Crippen LogP contribution is -2.15. The number of nitrogens with zero attached hydrogens (tertiary/aromatic N) is 2. The number of aromatic nitrogens is 2. The second-order valence-electron chi connectivity index (χ2n) is 4.71. The van der Waals surface area contributed by atoms with Gasteiger partial charge in [0, 0.05) is 13.1 Å². The van der Waals surface area contributed by atoms with Gasteiger partial charge >= 0.3 is 0 Å². The van der Waals surface area contributed by atoms with Gasteiger partial charge in [-0.1, -0.05) is 6.07 Å². The van der Waals surface area contributed by atoms with Crippen molar-refractivity contribution in [2.45, 2.75) is 13.3 Å². The number of rotatable bonds is 5. The van der Waals surface area contributed by atoms with Gasteiger partial charge in [0.15, 0.2) is 5.82 Å². The summed E-state index contributed by atoms with van der Waals surface area (Å²) in [7, 11) is 4.93. The number of carbonyl (C=O) groups excluding carboxylic acids is 1. The number of benzene rings is 1. The first-order valence-corrected chi connectivity index (χ1v) is 6.55. The maximum atomic E-state index is 12.1. The first kappa shape index (κ1) is 14.9. The Morgan fingerprint density at radius 3 is 2.62 bits per heavy atom. The second kappa shape index (κ2) is 6.30. The molecule has 0 bridgehead atoms. The average molecular weight is 289 g/mol. The Labute approximate surface area is 123 Å². The quantitative estimate of drug-likeness (QED) is 0.913. The minimum Gasteiger partial charge on any atom is -0.497 e. The smallest absolute Gasteiger partial charge is 0.230 e. The monoisotopic (exact) mass is 289 g/mol. The van der Waals surface area contributed by atoms with Gasteiger partial charge in [-0.25, -0.2) is 4.68 Å². The van der Waals surface area contributed by atoms with E-state index in [0.29, 0.717) is 11.7 Å². The first-order chi connectivity index (χ1) is 10.0. The standard InChI is InChI=1S/C15H19N3O3/c1-10-7-12(20-3)6-5-11(10)8-14(19)16-13-9-15(21-4)18(2)17-13/h5-7,9H,8H2,1-4H3,(H,16,17,19). The van der Waals surface area contributed by atoms with E-state index < -0.39 is 0 Å². The van der Waals surface area contributed by atoms with E-state index in [0.717, 1.165) is 16.9 Å². The third-order valence-corrected chi connectivity index (χ3v) is 3.21. The van der Waals surface area contributed by atoms with E-state index in [9.17, 15) is 4.79 Å². The van der Waals surface area contributed by atoms with Crippen molar-refractivity contribution in [2.75, 3.05) is 19.5 Å². The fourth-order valence-electron chi connectivity index (χ4n) is 2.06. The highest BCUT2D eigenvalue weighted by Gasteiger charge is 2.11. The Morgan fingerprint density at radius 1 is 1.29 bits per heavy atom. The topological polar surface area (TPSA) is 65.4 Å². The molecule has 1 amide bonds. The molecule has 21 heavy (non-hydrogen) atoms. The van der Waals surface area contributed by atoms with Crippen LogP contribution in [0.1, 0.15) is 11.1 Å². The van der Waals surface area contributed by atoms with Gasteiger partial charge in [0.05, 0.1) is 20.6 Å². The van der Waals surface area contributed by atoms with Gasteiger partial charge in [0.25, 0.3) is 0 Å². The van der Waals surface area contributed by atoms with Gasteiger partial charge in [-0.3, -0.25) is 4.79 Å². The lowest BCUT2D eigenvalue weighted by Gasteiger charge is -2.07. The summed E-state index contributed by atoms with van der Waals surface area (Å²) < 4.78 is 11.8. The van der Waals surface area contributed by atoms with Crippen LogP contribution in [0.2, 0.25) is 0 Å². The average Bonchev–Trinajstić information content (AvgIpc) is 2.80. The van der Waals surface area contributed by atoms with Crippen LogP contribution in [-0.4, -0.2) is 29.9 Å². The molecule has 1 heterocycles. The van der Waals surface area contributed by atoms with Crippen molar-refractivity contribution in [1.29, 1.82) is 0 Å². The normalized spacial score (nSPS) is 10.3. The van der Waals surface area contributed by atoms with Crippen molar-refractivity contribution >= 4 is 11.7 Å². The highest BCUT2D eigenvalue weighted by molar-refractivity contribution is 5.91. The Morgan fingerprint density at radius 2 is 2.05 bits per heavy atom. The maximum Gasteiger partial charge on any atom is 0.230 e. The minimum absolute atomic E-state index is 0.121. The predicted molar refractivity (Wildman–Crippen MR) is 79.8 cm³/mol. The molecule has 1 N–H and O–H groups in total. The van der Waals surface area contributed by atoms with Crippen LogP contribution in [0.3, 0.4) is 0 Å². The highest BCUT2D eigenvalue weighted by atomic mass is 16.5. The molecule has 1 aromatic heterocycles. The number of amides is 1. The van der Waals surface area contributed by atoms with E-state index in [4.69, 9.17) is 9.47 Å². The Kier molecular flexibility index (Phi) is 4.47. The number of anilines is 1. The Bertz CT molecular complexity index is 650. The van der Waals surface area contributed by atoms with E-state index >= 15 is 0 Å². The number of aryl methyl sites for hydroxylation is 2. The fraction of sp³-hybridized carbons (Fsp3) is 0.333.